The van der Waals surface area contributed by atoms with Crippen LogP contribution in [-0.2, 0) is 6.42 Å². The highest BCUT2D eigenvalue weighted by Gasteiger charge is 1.94. The fraction of sp³-hybridized carbons (Fsp3) is 0.0769. The largest absolute Gasteiger partial charge is 0.0843 e. The molecule has 0 atom stereocenters. The Bertz CT molecular complexity index is 389. The smallest absolute Gasteiger partial charge is 0.0406 e. The fourth-order valence-electron chi connectivity index (χ4n) is 1.38. The maximum absolute atomic E-state index is 5.81. The lowest BCUT2D eigenvalue weighted by Crippen LogP contribution is -1.86. The summed E-state index contributed by atoms with van der Waals surface area (Å²) in [4.78, 5) is 0. The Morgan fingerprint density at radius 1 is 1.00 bits per heavy atom. The van der Waals surface area contributed by atoms with Gasteiger partial charge in [-0.15, -0.1) is 0 Å². The number of halogens is 1. The van der Waals surface area contributed by atoms with Crippen LogP contribution in [0.15, 0.2) is 48.5 Å². The van der Waals surface area contributed by atoms with Crippen LogP contribution in [0.5, 0.6) is 0 Å². The van der Waals surface area contributed by atoms with Crippen LogP contribution in [0.4, 0.5) is 0 Å². The van der Waals surface area contributed by atoms with Gasteiger partial charge in [0.1, 0.15) is 0 Å². The van der Waals surface area contributed by atoms with E-state index < -0.39 is 0 Å². The predicted octanol–water partition coefficient (Wildman–Crippen LogP) is 3.73. The average Bonchev–Trinajstić information content (AvgIpc) is 2.23. The van der Waals surface area contributed by atoms with Crippen molar-refractivity contribution in [2.24, 2.45) is 0 Å². The zero-order chi connectivity index (χ0) is 9.80. The molecule has 0 heterocycles. The molecule has 1 heteroatoms. The summed E-state index contributed by atoms with van der Waals surface area (Å²) in [5.74, 6) is 0. The minimum Gasteiger partial charge on any atom is -0.0843 e. The Hall–Kier alpha value is -1.27. The van der Waals surface area contributed by atoms with Crippen LogP contribution in [0.1, 0.15) is 11.1 Å². The van der Waals surface area contributed by atoms with Gasteiger partial charge in [-0.2, -0.15) is 0 Å². The minimum atomic E-state index is 0.786. The summed E-state index contributed by atoms with van der Waals surface area (Å²) >= 11 is 5.81. The third-order valence-electron chi connectivity index (χ3n) is 2.09. The Kier molecular flexibility index (Phi) is 2.85. The monoisotopic (exact) mass is 201 g/mol. The average molecular weight is 202 g/mol. The van der Waals surface area contributed by atoms with Crippen LogP contribution >= 0.6 is 11.6 Å². The third-order valence-corrected chi connectivity index (χ3v) is 2.34. The summed E-state index contributed by atoms with van der Waals surface area (Å²) < 4.78 is 0. The molecule has 0 bridgehead atoms. The Balaban J connectivity index is 2.16. The first-order valence-corrected chi connectivity index (χ1v) is 4.92. The molecule has 0 aliphatic carbocycles. The van der Waals surface area contributed by atoms with Gasteiger partial charge in [-0.1, -0.05) is 48.0 Å². The van der Waals surface area contributed by atoms with Gasteiger partial charge in [-0.25, -0.2) is 0 Å². The SMILES string of the molecule is Clc1ccc(Cc2c[c]ccc2)cc1. The summed E-state index contributed by atoms with van der Waals surface area (Å²) in [6.45, 7) is 0. The van der Waals surface area contributed by atoms with Gasteiger partial charge in [-0.05, 0) is 35.7 Å². The maximum atomic E-state index is 5.81. The van der Waals surface area contributed by atoms with E-state index in [2.05, 4.69) is 24.3 Å². The van der Waals surface area contributed by atoms with Crippen molar-refractivity contribution < 1.29 is 0 Å². The molecule has 14 heavy (non-hydrogen) atoms. The van der Waals surface area contributed by atoms with E-state index in [0.29, 0.717) is 0 Å². The molecule has 0 aliphatic heterocycles. The third kappa shape index (κ3) is 2.36. The van der Waals surface area contributed by atoms with Crippen molar-refractivity contribution in [2.45, 2.75) is 6.42 Å². The van der Waals surface area contributed by atoms with E-state index in [1.54, 1.807) is 0 Å². The summed E-state index contributed by atoms with van der Waals surface area (Å²) in [7, 11) is 0. The fourth-order valence-corrected chi connectivity index (χ4v) is 1.50. The van der Waals surface area contributed by atoms with Gasteiger partial charge in [0.05, 0.1) is 0 Å². The molecular formula is C13H10Cl. The first kappa shape index (κ1) is 9.29. The van der Waals surface area contributed by atoms with E-state index in [1.165, 1.54) is 11.1 Å². The molecular weight excluding hydrogens is 192 g/mol. The minimum absolute atomic E-state index is 0.786. The summed E-state index contributed by atoms with van der Waals surface area (Å²) in [6.07, 6.45) is 0.939. The Morgan fingerprint density at radius 3 is 2.43 bits per heavy atom. The normalized spacial score (nSPS) is 10.1. The van der Waals surface area contributed by atoms with E-state index >= 15 is 0 Å². The molecule has 2 aromatic rings. The van der Waals surface area contributed by atoms with Gasteiger partial charge >= 0.3 is 0 Å². The second-order valence-electron chi connectivity index (χ2n) is 3.21. The molecule has 0 unspecified atom stereocenters. The van der Waals surface area contributed by atoms with Gasteiger partial charge in [0.15, 0.2) is 0 Å². The van der Waals surface area contributed by atoms with Crippen LogP contribution in [0.2, 0.25) is 5.02 Å². The molecule has 2 aromatic carbocycles. The molecule has 0 N–H and O–H groups in total. The zero-order valence-electron chi connectivity index (χ0n) is 7.70. The lowest BCUT2D eigenvalue weighted by Gasteiger charge is -2.01. The van der Waals surface area contributed by atoms with Crippen molar-refractivity contribution in [3.05, 3.63) is 70.7 Å². The van der Waals surface area contributed by atoms with E-state index in [9.17, 15) is 0 Å². The van der Waals surface area contributed by atoms with Crippen LogP contribution < -0.4 is 0 Å². The standard InChI is InChI=1S/C13H10Cl/c14-13-8-6-12(7-9-13)10-11-4-2-1-3-5-11/h1-2,4-9H,10H2. The van der Waals surface area contributed by atoms with E-state index in [4.69, 9.17) is 11.6 Å². The first-order valence-electron chi connectivity index (χ1n) is 4.54. The molecule has 0 saturated heterocycles. The van der Waals surface area contributed by atoms with Crippen LogP contribution in [0.25, 0.3) is 0 Å². The quantitative estimate of drug-likeness (QED) is 0.695. The van der Waals surface area contributed by atoms with E-state index in [1.807, 2.05) is 30.3 Å². The van der Waals surface area contributed by atoms with Gasteiger partial charge in [0.25, 0.3) is 0 Å². The predicted molar refractivity (Wildman–Crippen MR) is 59.5 cm³/mol. The van der Waals surface area contributed by atoms with Crippen molar-refractivity contribution >= 4 is 11.6 Å². The molecule has 0 aromatic heterocycles. The topological polar surface area (TPSA) is 0 Å². The van der Waals surface area contributed by atoms with Crippen LogP contribution in [-0.4, -0.2) is 0 Å². The van der Waals surface area contributed by atoms with Crippen molar-refractivity contribution in [3.8, 4) is 0 Å². The Labute approximate surface area is 89.2 Å². The number of hydrogen-bond acceptors (Lipinski definition) is 0. The van der Waals surface area contributed by atoms with E-state index in [-0.39, 0.29) is 0 Å². The highest BCUT2D eigenvalue weighted by Crippen LogP contribution is 2.13. The second kappa shape index (κ2) is 4.30. The number of rotatable bonds is 2. The maximum Gasteiger partial charge on any atom is 0.0406 e. The molecule has 0 spiro atoms. The van der Waals surface area contributed by atoms with Crippen molar-refractivity contribution in [3.63, 3.8) is 0 Å². The second-order valence-corrected chi connectivity index (χ2v) is 3.65. The molecule has 2 rings (SSSR count). The Morgan fingerprint density at radius 2 is 1.79 bits per heavy atom. The molecule has 0 amide bonds. The molecule has 0 aliphatic rings. The highest BCUT2D eigenvalue weighted by molar-refractivity contribution is 6.30. The molecule has 0 fully saturated rings. The van der Waals surface area contributed by atoms with Crippen LogP contribution in [0, 0.1) is 6.07 Å². The van der Waals surface area contributed by atoms with Crippen molar-refractivity contribution in [2.75, 3.05) is 0 Å². The number of hydrogen-bond donors (Lipinski definition) is 0. The molecule has 0 nitrogen and oxygen atoms in total. The van der Waals surface area contributed by atoms with Gasteiger partial charge < -0.3 is 0 Å². The molecule has 69 valence electrons. The number of benzene rings is 2. The zero-order valence-corrected chi connectivity index (χ0v) is 8.46. The summed E-state index contributed by atoms with van der Waals surface area (Å²) in [6, 6.07) is 19.0. The summed E-state index contributed by atoms with van der Waals surface area (Å²) in [5.41, 5.74) is 2.55. The van der Waals surface area contributed by atoms with Gasteiger partial charge in [0, 0.05) is 5.02 Å². The van der Waals surface area contributed by atoms with E-state index in [0.717, 1.165) is 11.4 Å². The van der Waals surface area contributed by atoms with Gasteiger partial charge in [-0.3, -0.25) is 0 Å². The highest BCUT2D eigenvalue weighted by atomic mass is 35.5. The summed E-state index contributed by atoms with van der Waals surface area (Å²) in [5, 5.41) is 0.786. The first-order chi connectivity index (χ1) is 6.84. The molecule has 1 radical (unpaired) electrons. The van der Waals surface area contributed by atoms with Crippen molar-refractivity contribution in [1.29, 1.82) is 0 Å². The van der Waals surface area contributed by atoms with Crippen molar-refractivity contribution in [1.82, 2.24) is 0 Å². The van der Waals surface area contributed by atoms with Gasteiger partial charge in [0.2, 0.25) is 0 Å². The van der Waals surface area contributed by atoms with Crippen LogP contribution in [0.3, 0.4) is 0 Å². The molecule has 0 saturated carbocycles. The lowest BCUT2D eigenvalue weighted by atomic mass is 10.1. The lowest BCUT2D eigenvalue weighted by molar-refractivity contribution is 1.19.